The van der Waals surface area contributed by atoms with Crippen molar-refractivity contribution in [2.75, 3.05) is 0 Å². The summed E-state index contributed by atoms with van der Waals surface area (Å²) < 4.78 is 6.36. The molecule has 0 bridgehead atoms. The summed E-state index contributed by atoms with van der Waals surface area (Å²) in [4.78, 5) is 9.36. The quantitative estimate of drug-likeness (QED) is 0.124. The van der Waals surface area contributed by atoms with Crippen LogP contribution in [0.4, 0.5) is 0 Å². The van der Waals surface area contributed by atoms with Crippen molar-refractivity contribution in [2.24, 2.45) is 0 Å². The van der Waals surface area contributed by atoms with Crippen molar-refractivity contribution in [2.45, 2.75) is 66.1 Å². The fourth-order valence-corrected chi connectivity index (χ4v) is 8.09. The van der Waals surface area contributed by atoms with E-state index in [0.717, 1.165) is 44.5 Å². The van der Waals surface area contributed by atoms with Crippen molar-refractivity contribution >= 4 is 35.2 Å². The first-order chi connectivity index (χ1) is 23.0. The Morgan fingerprint density at radius 2 is 1.39 bits per heavy atom. The molecule has 0 aliphatic carbocycles. The van der Waals surface area contributed by atoms with Gasteiger partial charge in [-0.1, -0.05) is 118 Å². The predicted octanol–water partition coefficient (Wildman–Crippen LogP) is 11.8. The van der Waals surface area contributed by atoms with E-state index in [0.29, 0.717) is 11.8 Å². The fourth-order valence-electron chi connectivity index (χ4n) is 6.41. The Morgan fingerprint density at radius 3 is 2.06 bits per heavy atom. The zero-order valence-corrected chi connectivity index (χ0v) is 33.1. The zero-order chi connectivity index (χ0) is 34.0. The van der Waals surface area contributed by atoms with Crippen LogP contribution in [-0.2, 0) is 20.1 Å². The molecule has 5 heteroatoms. The third-order valence-electron chi connectivity index (χ3n) is 8.92. The SMILES string of the molecule is CC(C)c1cc(-c2[c-]cccc2)ncc1[Si](C)(C)C.Cc1cnc(-c2[c-]ccc3c2oc2cccc(-c4ccccc4)c23)cc1C(C)C.[Ir]. The number of fused-ring (bicyclic) bond motifs is 3. The Balaban J connectivity index is 0.000000205. The van der Waals surface area contributed by atoms with Gasteiger partial charge in [0, 0.05) is 37.9 Å². The van der Waals surface area contributed by atoms with Gasteiger partial charge in [-0.2, -0.15) is 0 Å². The molecule has 0 aliphatic rings. The van der Waals surface area contributed by atoms with Crippen molar-refractivity contribution < 1.29 is 24.5 Å². The van der Waals surface area contributed by atoms with Gasteiger partial charge >= 0.3 is 0 Å². The van der Waals surface area contributed by atoms with Gasteiger partial charge in [0.15, 0.2) is 0 Å². The molecule has 0 fully saturated rings. The molecule has 0 N–H and O–H groups in total. The van der Waals surface area contributed by atoms with Gasteiger partial charge in [-0.25, -0.2) is 0 Å². The summed E-state index contributed by atoms with van der Waals surface area (Å²) in [6, 6.07) is 39.9. The first-order valence-electron chi connectivity index (χ1n) is 16.9. The minimum atomic E-state index is -1.34. The van der Waals surface area contributed by atoms with Crippen LogP contribution in [0.1, 0.15) is 56.2 Å². The van der Waals surface area contributed by atoms with E-state index < -0.39 is 8.07 Å². The molecule has 0 aliphatic heterocycles. The summed E-state index contributed by atoms with van der Waals surface area (Å²) in [5.74, 6) is 0.975. The molecule has 0 atom stereocenters. The molecule has 0 saturated heterocycles. The Labute approximate surface area is 306 Å². The number of aryl methyl sites for hydroxylation is 1. The molecule has 4 aromatic carbocycles. The van der Waals surface area contributed by atoms with Gasteiger partial charge in [0.25, 0.3) is 0 Å². The van der Waals surface area contributed by atoms with Crippen molar-refractivity contribution in [1.29, 1.82) is 0 Å². The monoisotopic (exact) mass is 837 g/mol. The summed E-state index contributed by atoms with van der Waals surface area (Å²) in [6.45, 7) is 18.2. The van der Waals surface area contributed by atoms with E-state index in [4.69, 9.17) is 9.40 Å². The maximum atomic E-state index is 6.36. The number of pyridine rings is 2. The molecule has 251 valence electrons. The third kappa shape index (κ3) is 7.70. The molecule has 3 nitrogen and oxygen atoms in total. The van der Waals surface area contributed by atoms with E-state index in [1.54, 1.807) is 0 Å². The van der Waals surface area contributed by atoms with E-state index in [1.807, 2.05) is 42.6 Å². The summed E-state index contributed by atoms with van der Waals surface area (Å²) in [6.07, 6.45) is 4.05. The summed E-state index contributed by atoms with van der Waals surface area (Å²) in [7, 11) is -1.34. The van der Waals surface area contributed by atoms with Gasteiger partial charge in [-0.15, -0.1) is 54.1 Å². The predicted molar refractivity (Wildman–Crippen MR) is 206 cm³/mol. The van der Waals surface area contributed by atoms with Crippen molar-refractivity contribution in [1.82, 2.24) is 9.97 Å². The van der Waals surface area contributed by atoms with Crippen LogP contribution in [0.5, 0.6) is 0 Å². The summed E-state index contributed by atoms with van der Waals surface area (Å²) >= 11 is 0. The minimum Gasteiger partial charge on any atom is -0.501 e. The van der Waals surface area contributed by atoms with Crippen LogP contribution >= 0.6 is 0 Å². The number of rotatable bonds is 6. The standard InChI is InChI=1S/C27H22NO.C17H22NSi.Ir/c1-17(2)23-15-24(28-16-18(23)3)21-12-7-13-22-26-20(19-9-5-4-6-10-19)11-8-14-25(26)29-27(21)22;1-13(2)15-11-16(14-9-7-6-8-10-14)18-12-17(15)19(3,4)5;/h4-11,13-17H,1-3H3;6-9,11-13H,1-5H3;/q2*-1;. The van der Waals surface area contributed by atoms with E-state index in [9.17, 15) is 0 Å². The van der Waals surface area contributed by atoms with Crippen LogP contribution in [0.25, 0.3) is 55.6 Å². The van der Waals surface area contributed by atoms with Crippen LogP contribution < -0.4 is 5.19 Å². The largest absolute Gasteiger partial charge is 0.501 e. The van der Waals surface area contributed by atoms with E-state index in [1.165, 1.54) is 33.0 Å². The van der Waals surface area contributed by atoms with E-state index >= 15 is 0 Å². The maximum Gasteiger partial charge on any atom is 0.121 e. The molecule has 0 saturated carbocycles. The molecule has 7 rings (SSSR count). The number of hydrogen-bond acceptors (Lipinski definition) is 3. The molecule has 1 radical (unpaired) electrons. The second kappa shape index (κ2) is 15.2. The molecule has 0 spiro atoms. The normalized spacial score (nSPS) is 11.5. The first kappa shape index (κ1) is 36.1. The number of nitrogens with zero attached hydrogens (tertiary/aromatic N) is 2. The Bertz CT molecular complexity index is 2180. The van der Waals surface area contributed by atoms with E-state index in [2.05, 4.69) is 138 Å². The number of aromatic nitrogens is 2. The summed E-state index contributed by atoms with van der Waals surface area (Å²) in [5.41, 5.74) is 12.0. The Morgan fingerprint density at radius 1 is 0.694 bits per heavy atom. The van der Waals surface area contributed by atoms with Crippen LogP contribution in [-0.4, -0.2) is 18.0 Å². The third-order valence-corrected chi connectivity index (χ3v) is 10.9. The molecule has 0 amide bonds. The van der Waals surface area contributed by atoms with Crippen LogP contribution in [0, 0.1) is 19.1 Å². The van der Waals surface area contributed by atoms with Crippen LogP contribution in [0.15, 0.2) is 114 Å². The Kier molecular flexibility index (Phi) is 11.2. The number of hydrogen-bond donors (Lipinski definition) is 0. The van der Waals surface area contributed by atoms with Gasteiger partial charge in [0.2, 0.25) is 0 Å². The second-order valence-corrected chi connectivity index (χ2v) is 19.2. The van der Waals surface area contributed by atoms with Gasteiger partial charge < -0.3 is 14.4 Å². The first-order valence-corrected chi connectivity index (χ1v) is 20.4. The number of furan rings is 1. The average molecular weight is 837 g/mol. The topological polar surface area (TPSA) is 38.9 Å². The van der Waals surface area contributed by atoms with E-state index in [-0.39, 0.29) is 20.1 Å². The van der Waals surface area contributed by atoms with Crippen LogP contribution in [0.3, 0.4) is 0 Å². The van der Waals surface area contributed by atoms with Gasteiger partial charge in [-0.3, -0.25) is 0 Å². The minimum absolute atomic E-state index is 0. The zero-order valence-electron chi connectivity index (χ0n) is 29.7. The smallest absolute Gasteiger partial charge is 0.121 e. The molecule has 3 heterocycles. The average Bonchev–Trinajstić information content (AvgIpc) is 3.48. The molecule has 3 aromatic heterocycles. The summed E-state index contributed by atoms with van der Waals surface area (Å²) in [5, 5.41) is 3.71. The van der Waals surface area contributed by atoms with Crippen molar-refractivity contribution in [3.05, 3.63) is 138 Å². The van der Waals surface area contributed by atoms with Crippen molar-refractivity contribution in [3.8, 4) is 33.6 Å². The fraction of sp³-hybridized carbons (Fsp3) is 0.227. The molecular formula is C44H44IrN2OSi-2. The molecule has 7 aromatic rings. The molecular weight excluding hydrogens is 793 g/mol. The van der Waals surface area contributed by atoms with Crippen molar-refractivity contribution in [3.63, 3.8) is 0 Å². The molecule has 0 unspecified atom stereocenters. The molecule has 49 heavy (non-hydrogen) atoms. The van der Waals surface area contributed by atoms with Gasteiger partial charge in [0.1, 0.15) is 5.58 Å². The van der Waals surface area contributed by atoms with Gasteiger partial charge in [-0.05, 0) is 63.7 Å². The Hall–Kier alpha value is -4.15. The number of benzene rings is 4. The van der Waals surface area contributed by atoms with Crippen LogP contribution in [0.2, 0.25) is 19.6 Å². The van der Waals surface area contributed by atoms with Gasteiger partial charge in [0.05, 0.1) is 13.7 Å². The maximum absolute atomic E-state index is 6.36. The second-order valence-electron chi connectivity index (χ2n) is 14.2.